The molecule has 0 saturated heterocycles. The largest absolute Gasteiger partial charge is 0.381 e. The summed E-state index contributed by atoms with van der Waals surface area (Å²) in [5, 5.41) is 0.918. The molecule has 0 N–H and O–H groups in total. The molecule has 1 amide bonds. The molecule has 0 unspecified atom stereocenters. The van der Waals surface area contributed by atoms with E-state index in [0.717, 1.165) is 5.06 Å². The van der Waals surface area contributed by atoms with Gasteiger partial charge in [0.25, 0.3) is 5.91 Å². The van der Waals surface area contributed by atoms with Gasteiger partial charge >= 0.3 is 5.97 Å². The number of hydroxylamine groups is 2. The van der Waals surface area contributed by atoms with Crippen molar-refractivity contribution in [3.8, 4) is 0 Å². The Labute approximate surface area is 77.6 Å². The summed E-state index contributed by atoms with van der Waals surface area (Å²) in [5.74, 6) is -0.782. The Morgan fingerprint density at radius 3 is 2.46 bits per heavy atom. The van der Waals surface area contributed by atoms with Crippen molar-refractivity contribution in [3.05, 3.63) is 0 Å². The van der Waals surface area contributed by atoms with Crippen molar-refractivity contribution >= 4 is 11.9 Å². The number of hydrogen-bond donors (Lipinski definition) is 0. The van der Waals surface area contributed by atoms with E-state index in [4.69, 9.17) is 4.74 Å². The van der Waals surface area contributed by atoms with E-state index < -0.39 is 5.97 Å². The van der Waals surface area contributed by atoms with E-state index >= 15 is 0 Å². The van der Waals surface area contributed by atoms with Crippen molar-refractivity contribution in [2.45, 2.75) is 20.3 Å². The molecule has 0 heterocycles. The maximum Gasteiger partial charge on any atom is 0.329 e. The lowest BCUT2D eigenvalue weighted by atomic mass is 10.4. The Morgan fingerprint density at radius 1 is 1.38 bits per heavy atom. The summed E-state index contributed by atoms with van der Waals surface area (Å²) in [6.07, 6.45) is 0.220. The molecule has 0 rings (SSSR count). The molecule has 0 aromatic rings. The summed E-state index contributed by atoms with van der Waals surface area (Å²) in [6.45, 7) is 4.01. The van der Waals surface area contributed by atoms with E-state index in [0.29, 0.717) is 13.2 Å². The maximum absolute atomic E-state index is 11.1. The van der Waals surface area contributed by atoms with Crippen LogP contribution in [0.2, 0.25) is 0 Å². The van der Waals surface area contributed by atoms with Crippen LogP contribution in [0.3, 0.4) is 0 Å². The number of nitrogens with zero attached hydrogens (tertiary/aromatic N) is 1. The van der Waals surface area contributed by atoms with Crippen LogP contribution in [0.25, 0.3) is 0 Å². The Bertz CT molecular complexity index is 181. The zero-order chi connectivity index (χ0) is 10.3. The zero-order valence-corrected chi connectivity index (χ0v) is 8.20. The molecule has 0 aromatic carbocycles. The van der Waals surface area contributed by atoms with E-state index in [2.05, 4.69) is 4.84 Å². The van der Waals surface area contributed by atoms with Gasteiger partial charge in [-0.05, 0) is 6.92 Å². The van der Waals surface area contributed by atoms with Gasteiger partial charge in [0.05, 0.1) is 13.0 Å². The highest BCUT2D eigenvalue weighted by Gasteiger charge is 2.10. The van der Waals surface area contributed by atoms with Crippen molar-refractivity contribution in [2.75, 3.05) is 20.3 Å². The fourth-order valence-electron chi connectivity index (χ4n) is 0.705. The second-order valence-corrected chi connectivity index (χ2v) is 2.42. The van der Waals surface area contributed by atoms with Crippen molar-refractivity contribution in [1.82, 2.24) is 5.06 Å². The Balaban J connectivity index is 3.63. The fraction of sp³-hybridized carbons (Fsp3) is 0.750. The molecule has 0 spiro atoms. The Morgan fingerprint density at radius 2 is 2.00 bits per heavy atom. The van der Waals surface area contributed by atoms with Gasteiger partial charge in [-0.15, -0.1) is 0 Å². The zero-order valence-electron chi connectivity index (χ0n) is 8.20. The lowest BCUT2D eigenvalue weighted by Crippen LogP contribution is -2.29. The maximum atomic E-state index is 11.1. The number of hydrogen-bond acceptors (Lipinski definition) is 4. The molecule has 76 valence electrons. The van der Waals surface area contributed by atoms with Crippen LogP contribution in [0.15, 0.2) is 0 Å². The predicted molar refractivity (Wildman–Crippen MR) is 45.6 cm³/mol. The lowest BCUT2D eigenvalue weighted by molar-refractivity contribution is -0.191. The summed E-state index contributed by atoms with van der Waals surface area (Å²) in [7, 11) is 1.40. The molecule has 0 saturated carbocycles. The van der Waals surface area contributed by atoms with Gasteiger partial charge in [0.2, 0.25) is 0 Å². The minimum absolute atomic E-state index is 0.220. The molecule has 0 aliphatic rings. The summed E-state index contributed by atoms with van der Waals surface area (Å²) in [4.78, 5) is 26.1. The smallest absolute Gasteiger partial charge is 0.329 e. The molecule has 5 heteroatoms. The minimum atomic E-state index is -0.507. The standard InChI is InChI=1S/C8H15NO4/c1-4-12-6-5-8(11)9(3)13-7(2)10/h4-6H2,1-3H3. The summed E-state index contributed by atoms with van der Waals surface area (Å²) >= 11 is 0. The third-order valence-electron chi connectivity index (χ3n) is 1.28. The average Bonchev–Trinajstić information content (AvgIpc) is 2.03. The highest BCUT2D eigenvalue weighted by molar-refractivity contribution is 5.77. The molecular weight excluding hydrogens is 174 g/mol. The normalized spacial score (nSPS) is 9.46. The Hall–Kier alpha value is -1.10. The number of carbonyl (C=O) groups is 2. The first-order valence-corrected chi connectivity index (χ1v) is 4.10. The molecule has 0 aliphatic carbocycles. The van der Waals surface area contributed by atoms with Gasteiger partial charge in [-0.2, -0.15) is 5.06 Å². The van der Waals surface area contributed by atoms with Gasteiger partial charge in [-0.25, -0.2) is 0 Å². The molecule has 0 aromatic heterocycles. The van der Waals surface area contributed by atoms with E-state index in [9.17, 15) is 9.59 Å². The van der Waals surface area contributed by atoms with Gasteiger partial charge in [-0.3, -0.25) is 9.59 Å². The number of ether oxygens (including phenoxy) is 1. The molecule has 5 nitrogen and oxygen atoms in total. The number of carbonyl (C=O) groups excluding carboxylic acids is 2. The third-order valence-corrected chi connectivity index (χ3v) is 1.28. The quantitative estimate of drug-likeness (QED) is 0.473. The van der Waals surface area contributed by atoms with Gasteiger partial charge in [-0.1, -0.05) is 0 Å². The third kappa shape index (κ3) is 6.10. The molecule has 0 atom stereocenters. The second kappa shape index (κ2) is 6.42. The molecule has 0 bridgehead atoms. The van der Waals surface area contributed by atoms with Gasteiger partial charge < -0.3 is 9.57 Å². The molecule has 0 fully saturated rings. The van der Waals surface area contributed by atoms with Crippen molar-refractivity contribution in [1.29, 1.82) is 0 Å². The van der Waals surface area contributed by atoms with E-state index in [1.54, 1.807) is 0 Å². The monoisotopic (exact) mass is 189 g/mol. The first kappa shape index (κ1) is 11.9. The van der Waals surface area contributed by atoms with Gasteiger partial charge in [0.1, 0.15) is 0 Å². The van der Waals surface area contributed by atoms with E-state index in [1.165, 1.54) is 14.0 Å². The lowest BCUT2D eigenvalue weighted by Gasteiger charge is -2.14. The summed E-state index contributed by atoms with van der Waals surface area (Å²) in [6, 6.07) is 0. The minimum Gasteiger partial charge on any atom is -0.381 e. The van der Waals surface area contributed by atoms with Crippen LogP contribution >= 0.6 is 0 Å². The van der Waals surface area contributed by atoms with Crippen LogP contribution in [-0.2, 0) is 19.2 Å². The van der Waals surface area contributed by atoms with Crippen LogP contribution in [0.4, 0.5) is 0 Å². The van der Waals surface area contributed by atoms with Crippen LogP contribution in [0.5, 0.6) is 0 Å². The highest BCUT2D eigenvalue weighted by atomic mass is 16.7. The van der Waals surface area contributed by atoms with E-state index in [1.807, 2.05) is 6.92 Å². The van der Waals surface area contributed by atoms with Crippen LogP contribution in [0, 0.1) is 0 Å². The van der Waals surface area contributed by atoms with Crippen LogP contribution in [-0.4, -0.2) is 37.2 Å². The van der Waals surface area contributed by atoms with Crippen LogP contribution in [0.1, 0.15) is 20.3 Å². The molecular formula is C8H15NO4. The van der Waals surface area contributed by atoms with Crippen LogP contribution < -0.4 is 0 Å². The van der Waals surface area contributed by atoms with Gasteiger partial charge in [0.15, 0.2) is 0 Å². The number of rotatable bonds is 4. The van der Waals surface area contributed by atoms with E-state index in [-0.39, 0.29) is 12.3 Å². The Kier molecular flexibility index (Phi) is 5.88. The average molecular weight is 189 g/mol. The fourth-order valence-corrected chi connectivity index (χ4v) is 0.705. The van der Waals surface area contributed by atoms with Gasteiger partial charge in [0, 0.05) is 20.6 Å². The summed E-state index contributed by atoms with van der Waals surface area (Å²) in [5.41, 5.74) is 0. The molecule has 0 aliphatic heterocycles. The van der Waals surface area contributed by atoms with Crippen molar-refractivity contribution < 1.29 is 19.2 Å². The summed E-state index contributed by atoms with van der Waals surface area (Å²) < 4.78 is 4.97. The van der Waals surface area contributed by atoms with Crippen molar-refractivity contribution in [3.63, 3.8) is 0 Å². The topological polar surface area (TPSA) is 55.8 Å². The highest BCUT2D eigenvalue weighted by Crippen LogP contribution is 1.93. The first-order valence-electron chi connectivity index (χ1n) is 4.10. The van der Waals surface area contributed by atoms with Crippen molar-refractivity contribution in [2.24, 2.45) is 0 Å². The molecule has 0 radical (unpaired) electrons. The second-order valence-electron chi connectivity index (χ2n) is 2.42. The number of amides is 1. The predicted octanol–water partition coefficient (Wildman–Crippen LogP) is 0.350. The molecule has 13 heavy (non-hydrogen) atoms. The SMILES string of the molecule is CCOCCC(=O)N(C)OC(C)=O. The first-order chi connectivity index (χ1) is 6.07.